The molecule has 0 bridgehead atoms. The first-order chi connectivity index (χ1) is 17.0. The van der Waals surface area contributed by atoms with E-state index in [1.807, 2.05) is 54.6 Å². The summed E-state index contributed by atoms with van der Waals surface area (Å²) in [5.74, 6) is 0. The van der Waals surface area contributed by atoms with Gasteiger partial charge in [-0.05, 0) is 72.6 Å². The summed E-state index contributed by atoms with van der Waals surface area (Å²) in [5.41, 5.74) is 2.05. The van der Waals surface area contributed by atoms with Gasteiger partial charge in [-0.15, -0.1) is 11.3 Å². The SMILES string of the molecule is CCN(CC)CCCCN(Cc1ccc2ccccc2c1)S(=O)(=O)c1ccc(-c2ccccc2)s1. The average molecular weight is 507 g/mol. The summed E-state index contributed by atoms with van der Waals surface area (Å²) < 4.78 is 29.7. The van der Waals surface area contributed by atoms with Crippen molar-refractivity contribution in [1.82, 2.24) is 9.21 Å². The topological polar surface area (TPSA) is 40.6 Å². The number of hydrogen-bond donors (Lipinski definition) is 0. The standard InChI is InChI=1S/C29H34N2O2S2/c1-3-30(4-2)20-10-11-21-31(23-24-16-17-25-12-8-9-15-27(25)22-24)35(32,33)29-19-18-28(34-29)26-13-6-5-7-14-26/h5-9,12-19,22H,3-4,10-11,20-21,23H2,1-2H3. The molecule has 0 saturated carbocycles. The predicted molar refractivity (Wildman–Crippen MR) is 148 cm³/mol. The Labute approximate surface area is 213 Å². The van der Waals surface area contributed by atoms with E-state index in [0.29, 0.717) is 17.3 Å². The van der Waals surface area contributed by atoms with Gasteiger partial charge < -0.3 is 4.90 Å². The van der Waals surface area contributed by atoms with Crippen LogP contribution >= 0.6 is 11.3 Å². The number of sulfonamides is 1. The number of hydrogen-bond acceptors (Lipinski definition) is 4. The Morgan fingerprint density at radius 1 is 0.743 bits per heavy atom. The number of thiophene rings is 1. The second-order valence-corrected chi connectivity index (χ2v) is 12.0. The molecule has 184 valence electrons. The van der Waals surface area contributed by atoms with Gasteiger partial charge in [-0.3, -0.25) is 0 Å². The average Bonchev–Trinajstić information content (AvgIpc) is 3.40. The highest BCUT2D eigenvalue weighted by Crippen LogP contribution is 2.33. The Balaban J connectivity index is 1.57. The van der Waals surface area contributed by atoms with Crippen LogP contribution in [0.2, 0.25) is 0 Å². The maximum atomic E-state index is 13.8. The molecule has 3 aromatic carbocycles. The van der Waals surface area contributed by atoms with Crippen molar-refractivity contribution < 1.29 is 8.42 Å². The quantitative estimate of drug-likeness (QED) is 0.197. The van der Waals surface area contributed by atoms with E-state index in [4.69, 9.17) is 0 Å². The molecule has 0 atom stereocenters. The highest BCUT2D eigenvalue weighted by molar-refractivity contribution is 7.91. The summed E-state index contributed by atoms with van der Waals surface area (Å²) in [7, 11) is -3.61. The third-order valence-corrected chi connectivity index (χ3v) is 9.88. The summed E-state index contributed by atoms with van der Waals surface area (Å²) in [5, 5.41) is 2.29. The van der Waals surface area contributed by atoms with Crippen molar-refractivity contribution in [3.63, 3.8) is 0 Å². The molecule has 4 aromatic rings. The van der Waals surface area contributed by atoms with E-state index in [9.17, 15) is 8.42 Å². The molecule has 1 heterocycles. The van der Waals surface area contributed by atoms with Crippen LogP contribution in [0, 0.1) is 0 Å². The van der Waals surface area contributed by atoms with Crippen LogP contribution in [-0.2, 0) is 16.6 Å². The van der Waals surface area contributed by atoms with Crippen molar-refractivity contribution in [2.45, 2.75) is 37.4 Å². The lowest BCUT2D eigenvalue weighted by molar-refractivity contribution is 0.289. The summed E-state index contributed by atoms with van der Waals surface area (Å²) in [6, 6.07) is 28.1. The first-order valence-electron chi connectivity index (χ1n) is 12.4. The summed E-state index contributed by atoms with van der Waals surface area (Å²) in [4.78, 5) is 3.35. The van der Waals surface area contributed by atoms with Crippen LogP contribution < -0.4 is 0 Å². The molecule has 0 aliphatic carbocycles. The van der Waals surface area contributed by atoms with Crippen molar-refractivity contribution in [2.75, 3.05) is 26.2 Å². The lowest BCUT2D eigenvalue weighted by atomic mass is 10.1. The lowest BCUT2D eigenvalue weighted by Gasteiger charge is -2.23. The maximum Gasteiger partial charge on any atom is 0.252 e. The monoisotopic (exact) mass is 506 g/mol. The zero-order valence-corrected chi connectivity index (χ0v) is 22.2. The molecule has 6 heteroatoms. The molecule has 0 aliphatic rings. The van der Waals surface area contributed by atoms with E-state index in [2.05, 4.69) is 43.0 Å². The van der Waals surface area contributed by atoms with Gasteiger partial charge in [0.1, 0.15) is 4.21 Å². The smallest absolute Gasteiger partial charge is 0.252 e. The Morgan fingerprint density at radius 3 is 2.17 bits per heavy atom. The molecule has 4 nitrogen and oxygen atoms in total. The van der Waals surface area contributed by atoms with Crippen LogP contribution in [0.5, 0.6) is 0 Å². The summed E-state index contributed by atoms with van der Waals surface area (Å²) >= 11 is 1.35. The third kappa shape index (κ3) is 6.39. The molecule has 0 saturated heterocycles. The van der Waals surface area contributed by atoms with Crippen molar-refractivity contribution >= 4 is 32.1 Å². The molecule has 0 N–H and O–H groups in total. The minimum atomic E-state index is -3.61. The van der Waals surface area contributed by atoms with Crippen molar-refractivity contribution in [3.8, 4) is 10.4 Å². The fraction of sp³-hybridized carbons (Fsp3) is 0.310. The van der Waals surface area contributed by atoms with E-state index >= 15 is 0 Å². The van der Waals surface area contributed by atoms with E-state index in [1.165, 1.54) is 11.3 Å². The number of fused-ring (bicyclic) bond motifs is 1. The maximum absolute atomic E-state index is 13.8. The van der Waals surface area contributed by atoms with Crippen LogP contribution in [0.25, 0.3) is 21.2 Å². The van der Waals surface area contributed by atoms with Crippen LogP contribution in [0.1, 0.15) is 32.3 Å². The van der Waals surface area contributed by atoms with Gasteiger partial charge in [0.2, 0.25) is 0 Å². The summed E-state index contributed by atoms with van der Waals surface area (Å²) in [6.07, 6.45) is 1.81. The second kappa shape index (κ2) is 12.0. The van der Waals surface area contributed by atoms with Crippen molar-refractivity contribution in [1.29, 1.82) is 0 Å². The molecular weight excluding hydrogens is 472 g/mol. The number of benzene rings is 3. The van der Waals surface area contributed by atoms with Gasteiger partial charge in [0.25, 0.3) is 10.0 Å². The lowest BCUT2D eigenvalue weighted by Crippen LogP contribution is -2.32. The third-order valence-electron chi connectivity index (χ3n) is 6.43. The molecule has 35 heavy (non-hydrogen) atoms. The van der Waals surface area contributed by atoms with Gasteiger partial charge in [0.15, 0.2) is 0 Å². The summed E-state index contributed by atoms with van der Waals surface area (Å²) in [6.45, 7) is 8.25. The molecular formula is C29H34N2O2S2. The molecule has 0 spiro atoms. The van der Waals surface area contributed by atoms with Crippen molar-refractivity contribution in [2.24, 2.45) is 0 Å². The first kappa shape index (κ1) is 25.6. The normalized spacial score (nSPS) is 12.1. The minimum Gasteiger partial charge on any atom is -0.304 e. The Hall–Kier alpha value is -2.51. The van der Waals surface area contributed by atoms with Crippen LogP contribution in [0.3, 0.4) is 0 Å². The Bertz CT molecular complexity index is 1330. The van der Waals surface area contributed by atoms with Crippen LogP contribution in [0.4, 0.5) is 0 Å². The van der Waals surface area contributed by atoms with E-state index in [0.717, 1.165) is 59.3 Å². The van der Waals surface area contributed by atoms with Gasteiger partial charge in [-0.2, -0.15) is 4.31 Å². The molecule has 0 radical (unpaired) electrons. The van der Waals surface area contributed by atoms with Gasteiger partial charge in [0.05, 0.1) is 0 Å². The predicted octanol–water partition coefficient (Wildman–Crippen LogP) is 6.88. The van der Waals surface area contributed by atoms with Crippen LogP contribution in [-0.4, -0.2) is 43.8 Å². The van der Waals surface area contributed by atoms with Gasteiger partial charge in [0, 0.05) is 18.0 Å². The van der Waals surface area contributed by atoms with Crippen molar-refractivity contribution in [3.05, 3.63) is 90.5 Å². The van der Waals surface area contributed by atoms with E-state index in [1.54, 1.807) is 10.4 Å². The zero-order valence-electron chi connectivity index (χ0n) is 20.6. The number of unbranched alkanes of at least 4 members (excludes halogenated alkanes) is 1. The molecule has 0 amide bonds. The molecule has 1 aromatic heterocycles. The van der Waals surface area contributed by atoms with Gasteiger partial charge >= 0.3 is 0 Å². The van der Waals surface area contributed by atoms with Gasteiger partial charge in [-0.1, -0.05) is 80.6 Å². The molecule has 0 aliphatic heterocycles. The van der Waals surface area contributed by atoms with E-state index in [-0.39, 0.29) is 0 Å². The minimum absolute atomic E-state index is 0.372. The Morgan fingerprint density at radius 2 is 1.43 bits per heavy atom. The highest BCUT2D eigenvalue weighted by Gasteiger charge is 2.26. The fourth-order valence-electron chi connectivity index (χ4n) is 4.33. The first-order valence-corrected chi connectivity index (χ1v) is 14.6. The highest BCUT2D eigenvalue weighted by atomic mass is 32.2. The largest absolute Gasteiger partial charge is 0.304 e. The number of nitrogens with zero attached hydrogens (tertiary/aromatic N) is 2. The number of rotatable bonds is 12. The van der Waals surface area contributed by atoms with Gasteiger partial charge in [-0.25, -0.2) is 8.42 Å². The Kier molecular flexibility index (Phi) is 8.74. The fourth-order valence-corrected chi connectivity index (χ4v) is 7.26. The molecule has 4 rings (SSSR count). The van der Waals surface area contributed by atoms with E-state index < -0.39 is 10.0 Å². The second-order valence-electron chi connectivity index (χ2n) is 8.74. The van der Waals surface area contributed by atoms with Crippen LogP contribution in [0.15, 0.2) is 89.1 Å². The molecule has 0 unspecified atom stereocenters. The zero-order chi connectivity index (χ0) is 24.7. The molecule has 0 fully saturated rings.